The molecule has 0 fully saturated rings. The van der Waals surface area contributed by atoms with Gasteiger partial charge in [-0.2, -0.15) is 0 Å². The van der Waals surface area contributed by atoms with Gasteiger partial charge in [-0.15, -0.1) is 0 Å². The maximum Gasteiger partial charge on any atom is 0.255 e. The van der Waals surface area contributed by atoms with Crippen molar-refractivity contribution in [2.24, 2.45) is 0 Å². The summed E-state index contributed by atoms with van der Waals surface area (Å²) in [6.07, 6.45) is 1.80. The van der Waals surface area contributed by atoms with Crippen molar-refractivity contribution >= 4 is 23.2 Å². The third kappa shape index (κ3) is 6.26. The Hall–Kier alpha value is -2.98. The molecule has 0 heterocycles. The number of ether oxygens (including phenoxy) is 2. The lowest BCUT2D eigenvalue weighted by molar-refractivity contribution is 0.102. The first-order chi connectivity index (χ1) is 14.5. The monoisotopic (exact) mass is 423 g/mol. The van der Waals surface area contributed by atoms with E-state index in [9.17, 15) is 4.79 Å². The third-order valence-corrected chi connectivity index (χ3v) is 5.14. The van der Waals surface area contributed by atoms with E-state index in [1.54, 1.807) is 18.2 Å². The second kappa shape index (κ2) is 10.7. The van der Waals surface area contributed by atoms with E-state index in [4.69, 9.17) is 21.1 Å². The summed E-state index contributed by atoms with van der Waals surface area (Å²) in [4.78, 5) is 12.4. The van der Waals surface area contributed by atoms with Gasteiger partial charge >= 0.3 is 0 Å². The lowest BCUT2D eigenvalue weighted by atomic mass is 10.1. The minimum atomic E-state index is -0.180. The Labute approximate surface area is 182 Å². The summed E-state index contributed by atoms with van der Waals surface area (Å²) in [7, 11) is 0. The van der Waals surface area contributed by atoms with E-state index in [0.717, 1.165) is 29.9 Å². The number of hydrogen-bond acceptors (Lipinski definition) is 3. The molecule has 0 unspecified atom stereocenters. The number of unbranched alkanes of at least 4 members (excludes halogenated alkanes) is 1. The summed E-state index contributed by atoms with van der Waals surface area (Å²) < 4.78 is 11.5. The topological polar surface area (TPSA) is 47.6 Å². The number of anilines is 1. The predicted octanol–water partition coefficient (Wildman–Crippen LogP) is 6.45. The zero-order valence-corrected chi connectivity index (χ0v) is 18.0. The van der Waals surface area contributed by atoms with Gasteiger partial charge in [-0.05, 0) is 80.8 Å². The second-order valence-corrected chi connectivity index (χ2v) is 7.52. The van der Waals surface area contributed by atoms with Gasteiger partial charge in [0.1, 0.15) is 11.5 Å². The van der Waals surface area contributed by atoms with E-state index in [1.165, 1.54) is 5.56 Å². The normalized spacial score (nSPS) is 10.5. The number of rotatable bonds is 9. The summed E-state index contributed by atoms with van der Waals surface area (Å²) in [5.74, 6) is 1.45. The summed E-state index contributed by atoms with van der Waals surface area (Å²) >= 11 is 6.11. The first-order valence-electron chi connectivity index (χ1n) is 10.0. The minimum absolute atomic E-state index is 0.180. The Morgan fingerprint density at radius 3 is 2.00 bits per heavy atom. The number of halogens is 1. The molecule has 1 amide bonds. The summed E-state index contributed by atoms with van der Waals surface area (Å²) in [5.41, 5.74) is 3.34. The molecular weight excluding hydrogens is 398 g/mol. The molecule has 0 aliphatic heterocycles. The van der Waals surface area contributed by atoms with Crippen LogP contribution in [0.3, 0.4) is 0 Å². The average molecular weight is 424 g/mol. The molecule has 4 nitrogen and oxygen atoms in total. The van der Waals surface area contributed by atoms with Crippen molar-refractivity contribution in [1.82, 2.24) is 0 Å². The molecule has 3 rings (SSSR count). The highest BCUT2D eigenvalue weighted by Crippen LogP contribution is 2.23. The van der Waals surface area contributed by atoms with Crippen molar-refractivity contribution in [3.05, 3.63) is 88.4 Å². The molecule has 0 radical (unpaired) electrons. The van der Waals surface area contributed by atoms with Gasteiger partial charge in [-0.3, -0.25) is 4.79 Å². The maximum atomic E-state index is 12.4. The van der Waals surface area contributed by atoms with Gasteiger partial charge in [-0.1, -0.05) is 35.4 Å². The Morgan fingerprint density at radius 1 is 0.833 bits per heavy atom. The fraction of sp³-hybridized carbons (Fsp3) is 0.240. The Balaban J connectivity index is 1.39. The predicted molar refractivity (Wildman–Crippen MR) is 122 cm³/mol. The van der Waals surface area contributed by atoms with Crippen LogP contribution in [-0.2, 0) is 0 Å². The number of aryl methyl sites for hydroxylation is 1. The molecule has 1 N–H and O–H groups in total. The number of nitrogens with one attached hydrogen (secondary N) is 1. The molecule has 30 heavy (non-hydrogen) atoms. The molecule has 3 aromatic rings. The van der Waals surface area contributed by atoms with Crippen molar-refractivity contribution in [1.29, 1.82) is 0 Å². The zero-order chi connectivity index (χ0) is 21.3. The van der Waals surface area contributed by atoms with Crippen LogP contribution in [0.2, 0.25) is 5.02 Å². The highest BCUT2D eigenvalue weighted by atomic mass is 35.5. The van der Waals surface area contributed by atoms with Crippen molar-refractivity contribution < 1.29 is 14.3 Å². The molecule has 0 spiro atoms. The maximum absolute atomic E-state index is 12.4. The van der Waals surface area contributed by atoms with Crippen LogP contribution < -0.4 is 14.8 Å². The molecule has 0 aliphatic rings. The standard InChI is InChI=1S/C25H26ClNO3/c1-18-8-12-21(13-9-18)29-16-3-4-17-30-22-14-10-20(11-15-22)25(28)27-24-7-5-6-23(26)19(24)2/h5-15H,3-4,16-17H2,1-2H3,(H,27,28). The van der Waals surface area contributed by atoms with Crippen molar-refractivity contribution in [3.8, 4) is 11.5 Å². The third-order valence-electron chi connectivity index (χ3n) is 4.73. The van der Waals surface area contributed by atoms with Crippen LogP contribution in [0.5, 0.6) is 11.5 Å². The Bertz CT molecular complexity index is 969. The van der Waals surface area contributed by atoms with E-state index in [-0.39, 0.29) is 5.91 Å². The van der Waals surface area contributed by atoms with E-state index in [2.05, 4.69) is 12.2 Å². The minimum Gasteiger partial charge on any atom is -0.494 e. The number of amides is 1. The smallest absolute Gasteiger partial charge is 0.255 e. The molecule has 0 bridgehead atoms. The van der Waals surface area contributed by atoms with Crippen LogP contribution in [0.4, 0.5) is 5.69 Å². The highest BCUT2D eigenvalue weighted by Gasteiger charge is 2.09. The summed E-state index contributed by atoms with van der Waals surface area (Å²) in [6, 6.07) is 20.6. The van der Waals surface area contributed by atoms with Crippen LogP contribution >= 0.6 is 11.6 Å². The van der Waals surface area contributed by atoms with E-state index < -0.39 is 0 Å². The largest absolute Gasteiger partial charge is 0.494 e. The lowest BCUT2D eigenvalue weighted by Gasteiger charge is -2.10. The summed E-state index contributed by atoms with van der Waals surface area (Å²) in [6.45, 7) is 5.19. The molecule has 0 aromatic heterocycles. The first-order valence-corrected chi connectivity index (χ1v) is 10.4. The van der Waals surface area contributed by atoms with Crippen LogP contribution in [0.15, 0.2) is 66.7 Å². The van der Waals surface area contributed by atoms with Crippen LogP contribution in [0.1, 0.15) is 34.3 Å². The van der Waals surface area contributed by atoms with Gasteiger partial charge in [0.2, 0.25) is 0 Å². The van der Waals surface area contributed by atoms with Gasteiger partial charge in [0.05, 0.1) is 13.2 Å². The second-order valence-electron chi connectivity index (χ2n) is 7.11. The van der Waals surface area contributed by atoms with Crippen molar-refractivity contribution in [3.63, 3.8) is 0 Å². The van der Waals surface area contributed by atoms with E-state index >= 15 is 0 Å². The molecule has 3 aromatic carbocycles. The molecule has 5 heteroatoms. The Morgan fingerprint density at radius 2 is 1.40 bits per heavy atom. The Kier molecular flexibility index (Phi) is 7.75. The van der Waals surface area contributed by atoms with Gasteiger partial charge in [0.25, 0.3) is 5.91 Å². The zero-order valence-electron chi connectivity index (χ0n) is 17.3. The number of benzene rings is 3. The molecule has 0 atom stereocenters. The fourth-order valence-corrected chi connectivity index (χ4v) is 3.03. The van der Waals surface area contributed by atoms with Crippen LogP contribution in [0, 0.1) is 13.8 Å². The van der Waals surface area contributed by atoms with Gasteiger partial charge < -0.3 is 14.8 Å². The van der Waals surface area contributed by atoms with E-state index in [0.29, 0.717) is 29.5 Å². The van der Waals surface area contributed by atoms with Crippen LogP contribution in [0.25, 0.3) is 0 Å². The quantitative estimate of drug-likeness (QED) is 0.402. The van der Waals surface area contributed by atoms with Crippen molar-refractivity contribution in [2.45, 2.75) is 26.7 Å². The molecule has 0 aliphatic carbocycles. The first kappa shape index (κ1) is 21.7. The van der Waals surface area contributed by atoms with Gasteiger partial charge in [0.15, 0.2) is 0 Å². The lowest BCUT2D eigenvalue weighted by Crippen LogP contribution is -2.12. The molecule has 0 saturated carbocycles. The molecule has 0 saturated heterocycles. The van der Waals surface area contributed by atoms with E-state index in [1.807, 2.05) is 55.5 Å². The molecular formula is C25H26ClNO3. The molecule has 156 valence electrons. The number of hydrogen-bond donors (Lipinski definition) is 1. The highest BCUT2D eigenvalue weighted by molar-refractivity contribution is 6.31. The summed E-state index contributed by atoms with van der Waals surface area (Å²) in [5, 5.41) is 3.52. The van der Waals surface area contributed by atoms with Crippen LogP contribution in [-0.4, -0.2) is 19.1 Å². The number of carbonyl (C=O) groups is 1. The van der Waals surface area contributed by atoms with Crippen molar-refractivity contribution in [2.75, 3.05) is 18.5 Å². The fourth-order valence-electron chi connectivity index (χ4n) is 2.86. The van der Waals surface area contributed by atoms with Gasteiger partial charge in [-0.25, -0.2) is 0 Å². The SMILES string of the molecule is Cc1ccc(OCCCCOc2ccc(C(=O)Nc3cccc(Cl)c3C)cc2)cc1. The average Bonchev–Trinajstić information content (AvgIpc) is 2.75. The van der Waals surface area contributed by atoms with Gasteiger partial charge in [0, 0.05) is 16.3 Å². The number of carbonyl (C=O) groups excluding carboxylic acids is 1.